The van der Waals surface area contributed by atoms with Gasteiger partial charge in [0.1, 0.15) is 5.60 Å². The van der Waals surface area contributed by atoms with Crippen molar-refractivity contribution in [2.75, 3.05) is 13.7 Å². The lowest BCUT2D eigenvalue weighted by atomic mass is 9.97. The van der Waals surface area contributed by atoms with Crippen LogP contribution in [0.3, 0.4) is 0 Å². The van der Waals surface area contributed by atoms with E-state index in [0.717, 1.165) is 11.1 Å². The lowest BCUT2D eigenvalue weighted by Crippen LogP contribution is -2.40. The molecule has 1 aromatic carbocycles. The van der Waals surface area contributed by atoms with E-state index in [-0.39, 0.29) is 11.6 Å². The van der Waals surface area contributed by atoms with Crippen molar-refractivity contribution >= 4 is 20.4 Å². The largest absolute Gasteiger partial charge is 0.468 e. The van der Waals surface area contributed by atoms with Gasteiger partial charge in [0, 0.05) is 6.54 Å². The van der Waals surface area contributed by atoms with Crippen LogP contribution in [0.2, 0.25) is 18.1 Å². The molecular formula is C22H37NO5Si. The normalized spacial score (nSPS) is 13.6. The zero-order valence-electron chi connectivity index (χ0n) is 19.3. The van der Waals surface area contributed by atoms with Crippen LogP contribution in [0, 0.1) is 0 Å². The van der Waals surface area contributed by atoms with Crippen LogP contribution >= 0.6 is 0 Å². The van der Waals surface area contributed by atoms with E-state index in [4.69, 9.17) is 13.9 Å². The van der Waals surface area contributed by atoms with Gasteiger partial charge in [0.25, 0.3) is 0 Å². The molecule has 0 aromatic heterocycles. The Morgan fingerprint density at radius 2 is 1.72 bits per heavy atom. The Morgan fingerprint density at radius 3 is 2.24 bits per heavy atom. The summed E-state index contributed by atoms with van der Waals surface area (Å²) in [5.74, 6) is -1.04. The van der Waals surface area contributed by atoms with Crippen molar-refractivity contribution in [1.82, 2.24) is 5.32 Å². The molecule has 1 rings (SSSR count). The Morgan fingerprint density at radius 1 is 1.10 bits per heavy atom. The second-order valence-electron chi connectivity index (χ2n) is 9.75. The summed E-state index contributed by atoms with van der Waals surface area (Å²) in [5.41, 5.74) is 1.15. The minimum Gasteiger partial charge on any atom is -0.468 e. The van der Waals surface area contributed by atoms with Crippen LogP contribution in [-0.2, 0) is 25.3 Å². The SMILES string of the molecule is COC(=O)C(CNC(=O)OC(C)(C)C)c1cccc(CO[Si](C)(C)C(C)(C)C)c1. The van der Waals surface area contributed by atoms with E-state index >= 15 is 0 Å². The van der Waals surface area contributed by atoms with Crippen LogP contribution in [0.5, 0.6) is 0 Å². The molecule has 0 aliphatic rings. The summed E-state index contributed by atoms with van der Waals surface area (Å²) in [7, 11) is -0.539. The second-order valence-corrected chi connectivity index (χ2v) is 14.6. The highest BCUT2D eigenvalue weighted by atomic mass is 28.4. The van der Waals surface area contributed by atoms with Gasteiger partial charge in [-0.1, -0.05) is 45.0 Å². The van der Waals surface area contributed by atoms with Crippen LogP contribution in [-0.4, -0.2) is 39.6 Å². The summed E-state index contributed by atoms with van der Waals surface area (Å²) >= 11 is 0. The Hall–Kier alpha value is -1.86. The summed E-state index contributed by atoms with van der Waals surface area (Å²) in [6.07, 6.45) is -0.566. The average molecular weight is 424 g/mol. The second kappa shape index (κ2) is 9.76. The van der Waals surface area contributed by atoms with Gasteiger partial charge in [-0.2, -0.15) is 0 Å². The third kappa shape index (κ3) is 8.18. The minimum atomic E-state index is -1.88. The molecule has 0 bridgehead atoms. The molecule has 1 amide bonds. The molecule has 1 atom stereocenters. The van der Waals surface area contributed by atoms with Gasteiger partial charge < -0.3 is 19.2 Å². The lowest BCUT2D eigenvalue weighted by Gasteiger charge is -2.36. The average Bonchev–Trinajstić information content (AvgIpc) is 2.58. The minimum absolute atomic E-state index is 0.0914. The maximum atomic E-state index is 12.3. The Labute approximate surface area is 176 Å². The molecule has 0 aliphatic heterocycles. The van der Waals surface area contributed by atoms with Crippen molar-refractivity contribution in [3.63, 3.8) is 0 Å². The molecule has 0 saturated carbocycles. The van der Waals surface area contributed by atoms with E-state index in [0.29, 0.717) is 6.61 Å². The monoisotopic (exact) mass is 423 g/mol. The predicted octanol–water partition coefficient (Wildman–Crippen LogP) is 4.99. The Bertz CT molecular complexity index is 704. The predicted molar refractivity (Wildman–Crippen MR) is 117 cm³/mol. The summed E-state index contributed by atoms with van der Waals surface area (Å²) in [6.45, 7) is 17.0. The highest BCUT2D eigenvalue weighted by Crippen LogP contribution is 2.37. The van der Waals surface area contributed by atoms with Gasteiger partial charge in [-0.3, -0.25) is 4.79 Å². The fourth-order valence-corrected chi connectivity index (χ4v) is 3.32. The van der Waals surface area contributed by atoms with Crippen LogP contribution in [0.15, 0.2) is 24.3 Å². The lowest BCUT2D eigenvalue weighted by molar-refractivity contribution is -0.142. The van der Waals surface area contributed by atoms with E-state index in [9.17, 15) is 9.59 Å². The van der Waals surface area contributed by atoms with E-state index < -0.39 is 31.9 Å². The number of ether oxygens (including phenoxy) is 2. The first-order valence-corrected chi connectivity index (χ1v) is 12.8. The zero-order chi connectivity index (χ0) is 22.5. The maximum Gasteiger partial charge on any atom is 0.407 e. The number of nitrogens with one attached hydrogen (secondary N) is 1. The zero-order valence-corrected chi connectivity index (χ0v) is 20.3. The quantitative estimate of drug-likeness (QED) is 0.494. The molecule has 0 aliphatic carbocycles. The number of carbonyl (C=O) groups excluding carboxylic acids is 2. The summed E-state index contributed by atoms with van der Waals surface area (Å²) in [4.78, 5) is 24.3. The molecule has 0 spiro atoms. The van der Waals surface area contributed by atoms with Gasteiger partial charge in [0.15, 0.2) is 8.32 Å². The van der Waals surface area contributed by atoms with Crippen LogP contribution in [0.25, 0.3) is 0 Å². The number of esters is 1. The van der Waals surface area contributed by atoms with Crippen molar-refractivity contribution < 1.29 is 23.5 Å². The smallest absolute Gasteiger partial charge is 0.407 e. The van der Waals surface area contributed by atoms with E-state index in [2.05, 4.69) is 39.2 Å². The molecule has 0 saturated heterocycles. The first-order chi connectivity index (χ1) is 13.2. The fraction of sp³-hybridized carbons (Fsp3) is 0.636. The molecule has 29 heavy (non-hydrogen) atoms. The molecule has 7 heteroatoms. The van der Waals surface area contributed by atoms with Crippen LogP contribution in [0.1, 0.15) is 58.6 Å². The van der Waals surface area contributed by atoms with Crippen LogP contribution < -0.4 is 5.32 Å². The van der Waals surface area contributed by atoms with Gasteiger partial charge in [-0.25, -0.2) is 4.79 Å². The summed E-state index contributed by atoms with van der Waals surface area (Å²) in [6, 6.07) is 7.66. The summed E-state index contributed by atoms with van der Waals surface area (Å²) in [5, 5.41) is 2.78. The molecule has 1 aromatic rings. The van der Waals surface area contributed by atoms with E-state index in [1.54, 1.807) is 20.8 Å². The van der Waals surface area contributed by atoms with Crippen molar-refractivity contribution in [1.29, 1.82) is 0 Å². The van der Waals surface area contributed by atoms with Gasteiger partial charge >= 0.3 is 12.1 Å². The highest BCUT2D eigenvalue weighted by molar-refractivity contribution is 6.74. The van der Waals surface area contributed by atoms with Crippen molar-refractivity contribution in [2.24, 2.45) is 0 Å². The Balaban J connectivity index is 2.92. The van der Waals surface area contributed by atoms with E-state index in [1.165, 1.54) is 7.11 Å². The number of hydrogen-bond donors (Lipinski definition) is 1. The third-order valence-electron chi connectivity index (χ3n) is 5.09. The molecule has 0 radical (unpaired) electrons. The topological polar surface area (TPSA) is 73.9 Å². The van der Waals surface area contributed by atoms with Crippen LogP contribution in [0.4, 0.5) is 4.79 Å². The molecule has 0 fully saturated rings. The van der Waals surface area contributed by atoms with E-state index in [1.807, 2.05) is 24.3 Å². The molecule has 6 nitrogen and oxygen atoms in total. The Kier molecular flexibility index (Phi) is 8.47. The highest BCUT2D eigenvalue weighted by Gasteiger charge is 2.37. The first kappa shape index (κ1) is 25.2. The van der Waals surface area contributed by atoms with Crippen molar-refractivity contribution in [3.8, 4) is 0 Å². The van der Waals surface area contributed by atoms with Gasteiger partial charge in [-0.05, 0) is 50.0 Å². The third-order valence-corrected chi connectivity index (χ3v) is 9.57. The number of rotatable bonds is 7. The van der Waals surface area contributed by atoms with Crippen molar-refractivity contribution in [2.45, 2.75) is 77.8 Å². The number of benzene rings is 1. The number of amides is 1. The number of methoxy groups -OCH3 is 1. The van der Waals surface area contributed by atoms with Gasteiger partial charge in [-0.15, -0.1) is 0 Å². The molecular weight excluding hydrogens is 386 g/mol. The standard InChI is InChI=1S/C22H37NO5Si/c1-21(2,3)28-20(25)23-14-18(19(24)26-7)17-12-10-11-16(13-17)15-27-29(8,9)22(4,5)6/h10-13,18H,14-15H2,1-9H3,(H,23,25). The fourth-order valence-electron chi connectivity index (χ4n) is 2.36. The first-order valence-electron chi connectivity index (χ1n) is 9.94. The summed E-state index contributed by atoms with van der Waals surface area (Å²) < 4.78 is 16.5. The molecule has 1 N–H and O–H groups in total. The molecule has 0 heterocycles. The van der Waals surface area contributed by atoms with Crippen molar-refractivity contribution in [3.05, 3.63) is 35.4 Å². The number of carbonyl (C=O) groups is 2. The number of hydrogen-bond acceptors (Lipinski definition) is 5. The maximum absolute atomic E-state index is 12.3. The van der Waals surface area contributed by atoms with Gasteiger partial charge in [0.05, 0.1) is 19.6 Å². The number of alkyl carbamates (subject to hydrolysis) is 1. The molecule has 164 valence electrons. The van der Waals surface area contributed by atoms with Gasteiger partial charge in [0.2, 0.25) is 0 Å². The molecule has 1 unspecified atom stereocenters.